The Balaban J connectivity index is 3.05. The number of H-pyrrole nitrogens is 1. The lowest BCUT2D eigenvalue weighted by atomic mass is 9.80. The van der Waals surface area contributed by atoms with Crippen LogP contribution in [-0.4, -0.2) is 21.2 Å². The maximum atomic E-state index is 11.3. The molecule has 0 aliphatic rings. The molecular weight excluding hydrogens is 246 g/mol. The fourth-order valence-corrected chi connectivity index (χ4v) is 1.90. The second-order valence-electron chi connectivity index (χ2n) is 6.10. The number of rotatable bonds is 5. The van der Waals surface area contributed by atoms with E-state index in [-0.39, 0.29) is 11.0 Å². The molecule has 1 atom stereocenters. The fourth-order valence-electron chi connectivity index (χ4n) is 1.90. The quantitative estimate of drug-likeness (QED) is 0.759. The Bertz CT molecular complexity index is 501. The summed E-state index contributed by atoms with van der Waals surface area (Å²) >= 11 is 0. The number of carboxylic acids is 1. The summed E-state index contributed by atoms with van der Waals surface area (Å²) in [6.07, 6.45) is 1.96. The standard InChI is InChI=1S/C14H21NO4/c1-13(2,3)5-6-14(19,9-12(17)18)10-4-7-15-11(16)8-10/h4,7-8,19H,5-6,9H2,1-3H3,(H,15,16)(H,17,18). The van der Waals surface area contributed by atoms with Crippen molar-refractivity contribution in [3.05, 3.63) is 34.2 Å². The summed E-state index contributed by atoms with van der Waals surface area (Å²) in [6, 6.07) is 2.80. The molecule has 0 aliphatic carbocycles. The first kappa shape index (κ1) is 15.4. The molecule has 106 valence electrons. The summed E-state index contributed by atoms with van der Waals surface area (Å²) in [5.41, 5.74) is -1.53. The molecule has 1 heterocycles. The molecule has 0 aliphatic heterocycles. The van der Waals surface area contributed by atoms with E-state index in [1.54, 1.807) is 6.07 Å². The summed E-state index contributed by atoms with van der Waals surface area (Å²) in [4.78, 5) is 24.7. The van der Waals surface area contributed by atoms with E-state index in [2.05, 4.69) is 4.98 Å². The highest BCUT2D eigenvalue weighted by molar-refractivity contribution is 5.68. The Morgan fingerprint density at radius 3 is 2.42 bits per heavy atom. The molecule has 0 saturated heterocycles. The van der Waals surface area contributed by atoms with Crippen LogP contribution in [0.3, 0.4) is 0 Å². The predicted octanol–water partition coefficient (Wildman–Crippen LogP) is 1.86. The van der Waals surface area contributed by atoms with Crippen LogP contribution in [0.15, 0.2) is 23.1 Å². The monoisotopic (exact) mass is 267 g/mol. The van der Waals surface area contributed by atoms with Gasteiger partial charge < -0.3 is 15.2 Å². The lowest BCUT2D eigenvalue weighted by Crippen LogP contribution is -2.31. The van der Waals surface area contributed by atoms with Crippen LogP contribution in [0, 0.1) is 5.41 Å². The molecule has 1 aromatic heterocycles. The highest BCUT2D eigenvalue weighted by atomic mass is 16.4. The van der Waals surface area contributed by atoms with Gasteiger partial charge in [0.05, 0.1) is 6.42 Å². The van der Waals surface area contributed by atoms with Gasteiger partial charge in [-0.05, 0) is 29.9 Å². The third-order valence-corrected chi connectivity index (χ3v) is 3.04. The number of hydrogen-bond acceptors (Lipinski definition) is 3. The Morgan fingerprint density at radius 2 is 1.95 bits per heavy atom. The summed E-state index contributed by atoms with van der Waals surface area (Å²) in [5, 5.41) is 19.6. The van der Waals surface area contributed by atoms with E-state index in [1.807, 2.05) is 20.8 Å². The number of pyridine rings is 1. The zero-order valence-electron chi connectivity index (χ0n) is 11.6. The Hall–Kier alpha value is -1.62. The van der Waals surface area contributed by atoms with Gasteiger partial charge in [0.2, 0.25) is 5.56 Å². The molecule has 0 spiro atoms. The molecule has 5 heteroatoms. The smallest absolute Gasteiger partial charge is 0.306 e. The molecule has 0 bridgehead atoms. The summed E-state index contributed by atoms with van der Waals surface area (Å²) in [7, 11) is 0. The van der Waals surface area contributed by atoms with Crippen molar-refractivity contribution < 1.29 is 15.0 Å². The lowest BCUT2D eigenvalue weighted by Gasteiger charge is -2.30. The number of aromatic amines is 1. The van der Waals surface area contributed by atoms with Crippen LogP contribution < -0.4 is 5.56 Å². The molecule has 5 nitrogen and oxygen atoms in total. The second kappa shape index (κ2) is 5.57. The van der Waals surface area contributed by atoms with Crippen LogP contribution in [0.2, 0.25) is 0 Å². The molecule has 0 saturated carbocycles. The minimum absolute atomic E-state index is 0.0202. The fraction of sp³-hybridized carbons (Fsp3) is 0.571. The topological polar surface area (TPSA) is 90.4 Å². The number of nitrogens with one attached hydrogen (secondary N) is 1. The third-order valence-electron chi connectivity index (χ3n) is 3.04. The van der Waals surface area contributed by atoms with Crippen LogP contribution in [0.4, 0.5) is 0 Å². The van der Waals surface area contributed by atoms with E-state index >= 15 is 0 Å². The van der Waals surface area contributed by atoms with Crippen molar-refractivity contribution in [2.75, 3.05) is 0 Å². The van der Waals surface area contributed by atoms with Crippen molar-refractivity contribution >= 4 is 5.97 Å². The molecule has 0 aromatic carbocycles. The van der Waals surface area contributed by atoms with Crippen molar-refractivity contribution in [2.24, 2.45) is 5.41 Å². The van der Waals surface area contributed by atoms with Gasteiger partial charge in [-0.25, -0.2) is 0 Å². The van der Waals surface area contributed by atoms with Crippen LogP contribution >= 0.6 is 0 Å². The molecule has 1 aromatic rings. The van der Waals surface area contributed by atoms with Crippen LogP contribution in [0.5, 0.6) is 0 Å². The number of carbonyl (C=O) groups is 1. The number of hydrogen-bond donors (Lipinski definition) is 3. The summed E-state index contributed by atoms with van der Waals surface area (Å²) < 4.78 is 0. The Kier molecular flexibility index (Phi) is 4.52. The van der Waals surface area contributed by atoms with E-state index in [0.717, 1.165) is 0 Å². The zero-order chi connectivity index (χ0) is 14.7. The average Bonchev–Trinajstić information content (AvgIpc) is 2.25. The molecule has 19 heavy (non-hydrogen) atoms. The molecule has 3 N–H and O–H groups in total. The second-order valence-corrected chi connectivity index (χ2v) is 6.10. The predicted molar refractivity (Wildman–Crippen MR) is 71.9 cm³/mol. The highest BCUT2D eigenvalue weighted by Gasteiger charge is 2.33. The van der Waals surface area contributed by atoms with E-state index in [4.69, 9.17) is 5.11 Å². The highest BCUT2D eigenvalue weighted by Crippen LogP contribution is 2.34. The number of aliphatic hydroxyl groups is 1. The van der Waals surface area contributed by atoms with Crippen LogP contribution in [0.25, 0.3) is 0 Å². The van der Waals surface area contributed by atoms with Gasteiger partial charge in [0, 0.05) is 12.3 Å². The van der Waals surface area contributed by atoms with Crippen molar-refractivity contribution in [1.29, 1.82) is 0 Å². The summed E-state index contributed by atoms with van der Waals surface area (Å²) in [5.74, 6) is -1.09. The Labute approximate surface area is 112 Å². The molecule has 1 unspecified atom stereocenters. The van der Waals surface area contributed by atoms with E-state index in [0.29, 0.717) is 18.4 Å². The van der Waals surface area contributed by atoms with Crippen LogP contribution in [0.1, 0.15) is 45.6 Å². The van der Waals surface area contributed by atoms with Gasteiger partial charge in [0.1, 0.15) is 5.60 Å². The van der Waals surface area contributed by atoms with Gasteiger partial charge in [0.15, 0.2) is 0 Å². The molecule has 0 radical (unpaired) electrons. The first-order chi connectivity index (χ1) is 8.62. The van der Waals surface area contributed by atoms with Gasteiger partial charge in [-0.1, -0.05) is 20.8 Å². The normalized spacial score (nSPS) is 14.9. The van der Waals surface area contributed by atoms with E-state index < -0.39 is 18.0 Å². The Morgan fingerprint density at radius 1 is 1.32 bits per heavy atom. The van der Waals surface area contributed by atoms with Gasteiger partial charge in [-0.3, -0.25) is 9.59 Å². The first-order valence-corrected chi connectivity index (χ1v) is 6.26. The minimum atomic E-state index is -1.51. The SMILES string of the molecule is CC(C)(C)CCC(O)(CC(=O)O)c1cc[nH]c(=O)c1. The molecular formula is C14H21NO4. The molecule has 0 amide bonds. The largest absolute Gasteiger partial charge is 0.481 e. The van der Waals surface area contributed by atoms with Gasteiger partial charge in [-0.15, -0.1) is 0 Å². The average molecular weight is 267 g/mol. The van der Waals surface area contributed by atoms with Gasteiger partial charge >= 0.3 is 5.97 Å². The first-order valence-electron chi connectivity index (χ1n) is 6.26. The minimum Gasteiger partial charge on any atom is -0.481 e. The third kappa shape index (κ3) is 4.87. The number of aliphatic carboxylic acids is 1. The molecule has 0 fully saturated rings. The zero-order valence-corrected chi connectivity index (χ0v) is 11.6. The molecule has 1 rings (SSSR count). The van der Waals surface area contributed by atoms with Gasteiger partial charge in [0.25, 0.3) is 0 Å². The van der Waals surface area contributed by atoms with E-state index in [1.165, 1.54) is 12.3 Å². The maximum absolute atomic E-state index is 11.3. The lowest BCUT2D eigenvalue weighted by molar-refractivity contribution is -0.143. The van der Waals surface area contributed by atoms with Crippen molar-refractivity contribution in [1.82, 2.24) is 4.98 Å². The summed E-state index contributed by atoms with van der Waals surface area (Å²) in [6.45, 7) is 6.06. The van der Waals surface area contributed by atoms with Crippen molar-refractivity contribution in [2.45, 2.75) is 45.6 Å². The van der Waals surface area contributed by atoms with Crippen LogP contribution in [-0.2, 0) is 10.4 Å². The van der Waals surface area contributed by atoms with E-state index in [9.17, 15) is 14.7 Å². The maximum Gasteiger partial charge on any atom is 0.306 e. The van der Waals surface area contributed by atoms with Crippen molar-refractivity contribution in [3.8, 4) is 0 Å². The van der Waals surface area contributed by atoms with Crippen molar-refractivity contribution in [3.63, 3.8) is 0 Å². The van der Waals surface area contributed by atoms with Gasteiger partial charge in [-0.2, -0.15) is 0 Å². The number of aromatic nitrogens is 1. The number of carboxylic acid groups (broad SMARTS) is 1.